The minimum Gasteiger partial charge on any atom is -0.491 e. The summed E-state index contributed by atoms with van der Waals surface area (Å²) in [6.07, 6.45) is -0.0100. The number of hydrogen-bond acceptors (Lipinski definition) is 3. The van der Waals surface area contributed by atoms with Crippen molar-refractivity contribution in [3.63, 3.8) is 0 Å². The number of rotatable bonds is 6. The zero-order valence-electron chi connectivity index (χ0n) is 11.0. The van der Waals surface area contributed by atoms with E-state index >= 15 is 0 Å². The molecule has 0 saturated heterocycles. The third kappa shape index (κ3) is 5.51. The Morgan fingerprint density at radius 1 is 1.35 bits per heavy atom. The van der Waals surface area contributed by atoms with Crippen LogP contribution in [0.4, 0.5) is 13.2 Å². The van der Waals surface area contributed by atoms with Crippen LogP contribution in [-0.4, -0.2) is 42.9 Å². The largest absolute Gasteiger partial charge is 0.491 e. The van der Waals surface area contributed by atoms with E-state index in [1.54, 1.807) is 11.9 Å². The summed E-state index contributed by atoms with van der Waals surface area (Å²) in [6, 6.07) is 4.32. The summed E-state index contributed by atoms with van der Waals surface area (Å²) in [7, 11) is 1.75. The van der Waals surface area contributed by atoms with E-state index < -0.39 is 17.8 Å². The highest BCUT2D eigenvalue weighted by atomic mass is 19.4. The van der Waals surface area contributed by atoms with Gasteiger partial charge in [-0.25, -0.2) is 0 Å². The number of ether oxygens (including phenoxy) is 1. The van der Waals surface area contributed by atoms with Gasteiger partial charge in [-0.3, -0.25) is 4.90 Å². The molecule has 0 aliphatic rings. The lowest BCUT2D eigenvalue weighted by Crippen LogP contribution is -2.33. The van der Waals surface area contributed by atoms with Crippen molar-refractivity contribution >= 4 is 0 Å². The fourth-order valence-electron chi connectivity index (χ4n) is 1.57. The van der Waals surface area contributed by atoms with E-state index in [0.29, 0.717) is 13.1 Å². The van der Waals surface area contributed by atoms with Gasteiger partial charge in [0.15, 0.2) is 0 Å². The zero-order valence-corrected chi connectivity index (χ0v) is 11.0. The zero-order chi connectivity index (χ0) is 15.2. The van der Waals surface area contributed by atoms with E-state index in [0.717, 1.165) is 12.1 Å². The van der Waals surface area contributed by atoms with Gasteiger partial charge in [0, 0.05) is 6.54 Å². The van der Waals surface area contributed by atoms with Crippen molar-refractivity contribution in [1.82, 2.24) is 4.90 Å². The van der Waals surface area contributed by atoms with Crippen molar-refractivity contribution in [2.24, 2.45) is 0 Å². The van der Waals surface area contributed by atoms with E-state index in [1.807, 2.05) is 0 Å². The molecule has 0 heterocycles. The number of aliphatic hydroxyl groups is 1. The first-order valence-corrected chi connectivity index (χ1v) is 5.93. The van der Waals surface area contributed by atoms with Crippen molar-refractivity contribution in [1.29, 1.82) is 0 Å². The summed E-state index contributed by atoms with van der Waals surface area (Å²) in [4.78, 5) is 1.74. The van der Waals surface area contributed by atoms with Gasteiger partial charge >= 0.3 is 6.18 Å². The van der Waals surface area contributed by atoms with Gasteiger partial charge in [-0.15, -0.1) is 6.42 Å². The molecule has 20 heavy (non-hydrogen) atoms. The predicted octanol–water partition coefficient (Wildman–Crippen LogP) is 2.01. The highest BCUT2D eigenvalue weighted by molar-refractivity contribution is 5.28. The molecule has 0 aromatic heterocycles. The molecular weight excluding hydrogens is 271 g/mol. The summed E-state index contributed by atoms with van der Waals surface area (Å²) in [6.45, 7) is 0.711. The first-order chi connectivity index (χ1) is 9.32. The summed E-state index contributed by atoms with van der Waals surface area (Å²) >= 11 is 0. The van der Waals surface area contributed by atoms with E-state index in [1.165, 1.54) is 12.1 Å². The van der Waals surface area contributed by atoms with Gasteiger partial charge in [0.05, 0.1) is 12.1 Å². The average molecular weight is 287 g/mol. The van der Waals surface area contributed by atoms with Crippen LogP contribution in [0.1, 0.15) is 5.56 Å². The van der Waals surface area contributed by atoms with Crippen molar-refractivity contribution in [2.45, 2.75) is 12.3 Å². The fourth-order valence-corrected chi connectivity index (χ4v) is 1.57. The van der Waals surface area contributed by atoms with E-state index in [4.69, 9.17) is 11.2 Å². The van der Waals surface area contributed by atoms with Crippen LogP contribution < -0.4 is 4.74 Å². The molecule has 0 spiro atoms. The average Bonchev–Trinajstić information content (AvgIpc) is 2.36. The van der Waals surface area contributed by atoms with Gasteiger partial charge in [0.1, 0.15) is 18.5 Å². The Bertz CT molecular complexity index is 451. The van der Waals surface area contributed by atoms with Gasteiger partial charge in [-0.1, -0.05) is 5.92 Å². The Morgan fingerprint density at radius 2 is 1.95 bits per heavy atom. The van der Waals surface area contributed by atoms with Crippen LogP contribution in [0.2, 0.25) is 0 Å². The maximum atomic E-state index is 12.3. The number of terminal acetylenes is 1. The Kier molecular flexibility index (Phi) is 5.86. The first kappa shape index (κ1) is 16.3. The SMILES string of the molecule is C#CCN(C)CC(O)COc1ccc(C(F)(F)F)cc1. The van der Waals surface area contributed by atoms with Crippen LogP contribution in [0.15, 0.2) is 24.3 Å². The molecular formula is C14H16F3NO2. The van der Waals surface area contributed by atoms with Crippen molar-refractivity contribution in [3.05, 3.63) is 29.8 Å². The van der Waals surface area contributed by atoms with Crippen LogP contribution in [0, 0.1) is 12.3 Å². The Labute approximate surface area is 116 Å². The standard InChI is InChI=1S/C14H16F3NO2/c1-3-8-18(2)9-12(19)10-20-13-6-4-11(5-7-13)14(15,16)17/h1,4-7,12,19H,8-10H2,2H3. The lowest BCUT2D eigenvalue weighted by molar-refractivity contribution is -0.137. The molecule has 0 aliphatic heterocycles. The number of halogens is 3. The topological polar surface area (TPSA) is 32.7 Å². The molecule has 1 atom stereocenters. The van der Waals surface area contributed by atoms with Gasteiger partial charge in [0.25, 0.3) is 0 Å². The molecule has 0 aliphatic carbocycles. The van der Waals surface area contributed by atoms with Crippen LogP contribution in [0.3, 0.4) is 0 Å². The summed E-state index contributed by atoms with van der Waals surface area (Å²) < 4.78 is 42.3. The molecule has 1 unspecified atom stereocenters. The summed E-state index contributed by atoms with van der Waals surface area (Å²) in [5, 5.41) is 9.68. The highest BCUT2D eigenvalue weighted by Gasteiger charge is 2.30. The smallest absolute Gasteiger partial charge is 0.416 e. The molecule has 0 radical (unpaired) electrons. The molecule has 0 fully saturated rings. The second-order valence-corrected chi connectivity index (χ2v) is 4.39. The van der Waals surface area contributed by atoms with Crippen molar-refractivity contribution < 1.29 is 23.0 Å². The Hall–Kier alpha value is -1.71. The van der Waals surface area contributed by atoms with Crippen LogP contribution in [-0.2, 0) is 6.18 Å². The molecule has 0 amide bonds. The second kappa shape index (κ2) is 7.17. The quantitative estimate of drug-likeness (QED) is 0.812. The third-order valence-electron chi connectivity index (χ3n) is 2.51. The minimum atomic E-state index is -4.37. The summed E-state index contributed by atoms with van der Waals surface area (Å²) in [5.74, 6) is 2.71. The van der Waals surface area contributed by atoms with Gasteiger partial charge in [0.2, 0.25) is 0 Å². The predicted molar refractivity (Wildman–Crippen MR) is 69.3 cm³/mol. The molecule has 110 valence electrons. The molecule has 1 aromatic rings. The number of aliphatic hydroxyl groups excluding tert-OH is 1. The highest BCUT2D eigenvalue weighted by Crippen LogP contribution is 2.30. The number of likely N-dealkylation sites (N-methyl/N-ethyl adjacent to an activating group) is 1. The third-order valence-corrected chi connectivity index (χ3v) is 2.51. The van der Waals surface area contributed by atoms with Crippen molar-refractivity contribution in [2.75, 3.05) is 26.7 Å². The number of benzene rings is 1. The molecule has 3 nitrogen and oxygen atoms in total. The van der Waals surface area contributed by atoms with Gasteiger partial charge in [-0.05, 0) is 31.3 Å². The van der Waals surface area contributed by atoms with Crippen LogP contribution in [0.5, 0.6) is 5.75 Å². The van der Waals surface area contributed by atoms with E-state index in [9.17, 15) is 18.3 Å². The normalized spacial score (nSPS) is 13.1. The summed E-state index contributed by atoms with van der Waals surface area (Å²) in [5.41, 5.74) is -0.737. The Morgan fingerprint density at radius 3 is 2.45 bits per heavy atom. The first-order valence-electron chi connectivity index (χ1n) is 5.93. The maximum absolute atomic E-state index is 12.3. The van der Waals surface area contributed by atoms with Crippen molar-refractivity contribution in [3.8, 4) is 18.1 Å². The van der Waals surface area contributed by atoms with Gasteiger partial charge in [-0.2, -0.15) is 13.2 Å². The fraction of sp³-hybridized carbons (Fsp3) is 0.429. The lowest BCUT2D eigenvalue weighted by Gasteiger charge is -2.18. The molecule has 0 saturated carbocycles. The molecule has 0 bridgehead atoms. The monoisotopic (exact) mass is 287 g/mol. The second-order valence-electron chi connectivity index (χ2n) is 4.39. The minimum absolute atomic E-state index is 0.0136. The number of alkyl halides is 3. The molecule has 1 rings (SSSR count). The van der Waals surface area contributed by atoms with Crippen LogP contribution in [0.25, 0.3) is 0 Å². The van der Waals surface area contributed by atoms with E-state index in [2.05, 4.69) is 5.92 Å². The van der Waals surface area contributed by atoms with Gasteiger partial charge < -0.3 is 9.84 Å². The molecule has 1 N–H and O–H groups in total. The number of hydrogen-bond donors (Lipinski definition) is 1. The number of nitrogens with zero attached hydrogens (tertiary/aromatic N) is 1. The Balaban J connectivity index is 2.44. The molecule has 6 heteroatoms. The van der Waals surface area contributed by atoms with E-state index in [-0.39, 0.29) is 12.4 Å². The lowest BCUT2D eigenvalue weighted by atomic mass is 10.2. The van der Waals surface area contributed by atoms with Crippen LogP contribution >= 0.6 is 0 Å². The molecule has 1 aromatic carbocycles. The maximum Gasteiger partial charge on any atom is 0.416 e.